The Balaban J connectivity index is 1.84. The number of aliphatic imine (C=N–C) groups is 1. The van der Waals surface area contributed by atoms with E-state index in [-0.39, 0.29) is 11.9 Å². The number of fused-ring (bicyclic) bond motifs is 1. The molecule has 0 saturated heterocycles. The summed E-state index contributed by atoms with van der Waals surface area (Å²) in [5.74, 6) is 0.715. The lowest BCUT2D eigenvalue weighted by Gasteiger charge is -2.29. The molecule has 1 aromatic heterocycles. The molecule has 1 aliphatic rings. The van der Waals surface area contributed by atoms with E-state index in [9.17, 15) is 4.79 Å². The largest absolute Gasteiger partial charge is 0.383 e. The number of carbonyl (C=O) groups is 1. The van der Waals surface area contributed by atoms with E-state index in [1.54, 1.807) is 11.3 Å². The molecule has 3 N–H and O–H groups in total. The highest BCUT2D eigenvalue weighted by Gasteiger charge is 2.24. The highest BCUT2D eigenvalue weighted by atomic mass is 32.1. The summed E-state index contributed by atoms with van der Waals surface area (Å²) in [7, 11) is 0. The number of rotatable bonds is 6. The monoisotopic (exact) mass is 370 g/mol. The van der Waals surface area contributed by atoms with Gasteiger partial charge in [0.15, 0.2) is 0 Å². The first-order valence-corrected chi connectivity index (χ1v) is 10.0. The standard InChI is InChI=1S/C20H26N4OS/c1-3-24(4-2)19(25)13-17-16-12-15(8-7-14(16)9-10-22-17)23-20(21)18-6-5-11-26-18/h5-8,11-12,17,22H,3-4,9-10,13H2,1-2H3,(H2,21,23). The SMILES string of the molecule is CCN(CC)C(=O)CC1NCCc2ccc(N=C(N)c3cccs3)cc21. The van der Waals surface area contributed by atoms with E-state index in [4.69, 9.17) is 5.73 Å². The molecule has 0 saturated carbocycles. The van der Waals surface area contributed by atoms with Gasteiger partial charge in [0, 0.05) is 25.6 Å². The number of amides is 1. The Kier molecular flexibility index (Phi) is 6.06. The van der Waals surface area contributed by atoms with E-state index >= 15 is 0 Å². The summed E-state index contributed by atoms with van der Waals surface area (Å²) >= 11 is 1.58. The van der Waals surface area contributed by atoms with Gasteiger partial charge in [0.25, 0.3) is 0 Å². The molecule has 5 nitrogen and oxygen atoms in total. The number of amidine groups is 1. The molecule has 26 heavy (non-hydrogen) atoms. The van der Waals surface area contributed by atoms with Gasteiger partial charge in [-0.05, 0) is 61.5 Å². The summed E-state index contributed by atoms with van der Waals surface area (Å²) < 4.78 is 0. The van der Waals surface area contributed by atoms with E-state index in [0.29, 0.717) is 12.3 Å². The number of nitrogens with two attached hydrogens (primary N) is 1. The molecule has 1 aliphatic heterocycles. The molecule has 2 aromatic rings. The molecule has 0 aliphatic carbocycles. The van der Waals surface area contributed by atoms with E-state index in [2.05, 4.69) is 22.4 Å². The van der Waals surface area contributed by atoms with Gasteiger partial charge in [-0.3, -0.25) is 4.79 Å². The molecular weight excluding hydrogens is 344 g/mol. The minimum absolute atomic E-state index is 0.0324. The summed E-state index contributed by atoms with van der Waals surface area (Å²) in [5.41, 5.74) is 9.41. The van der Waals surface area contributed by atoms with Crippen LogP contribution in [-0.2, 0) is 11.2 Å². The zero-order valence-corrected chi connectivity index (χ0v) is 16.2. The number of nitrogens with one attached hydrogen (secondary N) is 1. The average Bonchev–Trinajstić information content (AvgIpc) is 3.18. The molecule has 0 spiro atoms. The summed E-state index contributed by atoms with van der Waals surface area (Å²) in [6.45, 7) is 6.42. The minimum atomic E-state index is 0.0324. The molecule has 0 bridgehead atoms. The molecule has 138 valence electrons. The fraction of sp³-hybridized carbons (Fsp3) is 0.400. The Morgan fingerprint density at radius 1 is 1.35 bits per heavy atom. The zero-order chi connectivity index (χ0) is 18.5. The fourth-order valence-electron chi connectivity index (χ4n) is 3.38. The van der Waals surface area contributed by atoms with Crippen molar-refractivity contribution in [2.45, 2.75) is 32.7 Å². The molecule has 1 amide bonds. The van der Waals surface area contributed by atoms with Crippen molar-refractivity contribution in [3.05, 3.63) is 51.7 Å². The molecule has 0 fully saturated rings. The van der Waals surface area contributed by atoms with Crippen LogP contribution in [-0.4, -0.2) is 36.3 Å². The van der Waals surface area contributed by atoms with Gasteiger partial charge in [0.2, 0.25) is 5.91 Å². The molecule has 3 rings (SSSR count). The molecule has 2 heterocycles. The van der Waals surface area contributed by atoms with Gasteiger partial charge in [0.05, 0.1) is 10.6 Å². The predicted molar refractivity (Wildman–Crippen MR) is 108 cm³/mol. The third kappa shape index (κ3) is 4.14. The van der Waals surface area contributed by atoms with Gasteiger partial charge in [0.1, 0.15) is 5.84 Å². The van der Waals surface area contributed by atoms with Gasteiger partial charge in [-0.25, -0.2) is 4.99 Å². The Labute approximate surface area is 158 Å². The van der Waals surface area contributed by atoms with Crippen molar-refractivity contribution in [3.8, 4) is 0 Å². The number of thiophene rings is 1. The van der Waals surface area contributed by atoms with Gasteiger partial charge in [-0.1, -0.05) is 12.1 Å². The fourth-order valence-corrected chi connectivity index (χ4v) is 4.00. The Bertz CT molecular complexity index is 781. The van der Waals surface area contributed by atoms with Crippen LogP contribution in [0.1, 0.15) is 42.3 Å². The maximum atomic E-state index is 12.5. The summed E-state index contributed by atoms with van der Waals surface area (Å²) in [4.78, 5) is 20.0. The molecule has 0 radical (unpaired) electrons. The molecule has 1 aromatic carbocycles. The van der Waals surface area contributed by atoms with E-state index in [0.717, 1.165) is 42.2 Å². The number of carbonyl (C=O) groups excluding carboxylic acids is 1. The second-order valence-corrected chi connectivity index (χ2v) is 7.33. The zero-order valence-electron chi connectivity index (χ0n) is 15.4. The van der Waals surface area contributed by atoms with Crippen molar-refractivity contribution in [1.29, 1.82) is 0 Å². The lowest BCUT2D eigenvalue weighted by Crippen LogP contribution is -2.37. The maximum Gasteiger partial charge on any atom is 0.224 e. The van der Waals surface area contributed by atoms with Crippen molar-refractivity contribution >= 4 is 28.8 Å². The Hall–Kier alpha value is -2.18. The topological polar surface area (TPSA) is 70.7 Å². The first-order chi connectivity index (χ1) is 12.6. The van der Waals surface area contributed by atoms with Crippen LogP contribution in [0.2, 0.25) is 0 Å². The number of benzene rings is 1. The predicted octanol–water partition coefficient (Wildman–Crippen LogP) is 3.23. The smallest absolute Gasteiger partial charge is 0.224 e. The summed E-state index contributed by atoms with van der Waals surface area (Å²) in [6, 6.07) is 10.2. The van der Waals surface area contributed by atoms with Crippen molar-refractivity contribution < 1.29 is 4.79 Å². The van der Waals surface area contributed by atoms with Crippen molar-refractivity contribution in [2.75, 3.05) is 19.6 Å². The summed E-state index contributed by atoms with van der Waals surface area (Å²) in [6.07, 6.45) is 1.44. The third-order valence-electron chi connectivity index (χ3n) is 4.81. The highest BCUT2D eigenvalue weighted by molar-refractivity contribution is 7.12. The van der Waals surface area contributed by atoms with Crippen LogP contribution in [0.5, 0.6) is 0 Å². The van der Waals surface area contributed by atoms with E-state index < -0.39 is 0 Å². The second-order valence-electron chi connectivity index (χ2n) is 6.38. The Morgan fingerprint density at radius 3 is 2.85 bits per heavy atom. The van der Waals surface area contributed by atoms with Gasteiger partial charge >= 0.3 is 0 Å². The molecule has 1 unspecified atom stereocenters. The molecular formula is C20H26N4OS. The van der Waals surface area contributed by atoms with Crippen LogP contribution in [0.15, 0.2) is 40.7 Å². The average molecular weight is 371 g/mol. The molecule has 1 atom stereocenters. The van der Waals surface area contributed by atoms with Gasteiger partial charge in [-0.2, -0.15) is 0 Å². The van der Waals surface area contributed by atoms with Crippen LogP contribution >= 0.6 is 11.3 Å². The molecule has 6 heteroatoms. The minimum Gasteiger partial charge on any atom is -0.383 e. The van der Waals surface area contributed by atoms with Crippen LogP contribution in [0.4, 0.5) is 5.69 Å². The summed E-state index contributed by atoms with van der Waals surface area (Å²) in [5, 5.41) is 5.48. The van der Waals surface area contributed by atoms with Crippen LogP contribution in [0.3, 0.4) is 0 Å². The first-order valence-electron chi connectivity index (χ1n) is 9.14. The Morgan fingerprint density at radius 2 is 2.15 bits per heavy atom. The van der Waals surface area contributed by atoms with Gasteiger partial charge in [-0.15, -0.1) is 11.3 Å². The van der Waals surface area contributed by atoms with Crippen molar-refractivity contribution in [2.24, 2.45) is 10.7 Å². The van der Waals surface area contributed by atoms with Crippen molar-refractivity contribution in [3.63, 3.8) is 0 Å². The van der Waals surface area contributed by atoms with Gasteiger partial charge < -0.3 is 16.0 Å². The van der Waals surface area contributed by atoms with Crippen molar-refractivity contribution in [1.82, 2.24) is 10.2 Å². The number of hydrogen-bond donors (Lipinski definition) is 2. The quantitative estimate of drug-likeness (QED) is 0.606. The van der Waals surface area contributed by atoms with Crippen LogP contribution < -0.4 is 11.1 Å². The lowest BCUT2D eigenvalue weighted by molar-refractivity contribution is -0.131. The number of nitrogens with zero attached hydrogens (tertiary/aromatic N) is 2. The second kappa shape index (κ2) is 8.47. The highest BCUT2D eigenvalue weighted by Crippen LogP contribution is 2.30. The lowest BCUT2D eigenvalue weighted by atomic mass is 9.91. The van der Waals surface area contributed by atoms with E-state index in [1.807, 2.05) is 42.3 Å². The number of hydrogen-bond acceptors (Lipinski definition) is 4. The maximum absolute atomic E-state index is 12.5. The van der Waals surface area contributed by atoms with Crippen LogP contribution in [0.25, 0.3) is 0 Å². The van der Waals surface area contributed by atoms with E-state index in [1.165, 1.54) is 5.56 Å². The van der Waals surface area contributed by atoms with Crippen LogP contribution in [0, 0.1) is 0 Å². The normalized spacial score (nSPS) is 17.0. The third-order valence-corrected chi connectivity index (χ3v) is 5.70. The first kappa shape index (κ1) is 18.6.